The Hall–Kier alpha value is -1.41. The third kappa shape index (κ3) is 4.74. The molecule has 0 fully saturated rings. The van der Waals surface area contributed by atoms with Crippen LogP contribution in [0.4, 0.5) is 0 Å². The molecule has 1 amide bonds. The monoisotopic (exact) mass is 141 g/mol. The summed E-state index contributed by atoms with van der Waals surface area (Å²) in [5.41, 5.74) is 4.73. The minimum absolute atomic E-state index is 0.00935. The van der Waals surface area contributed by atoms with Crippen molar-refractivity contribution in [1.82, 2.24) is 0 Å². The number of carbonyl (C=O) groups is 2. The van der Waals surface area contributed by atoms with Gasteiger partial charge in [-0.05, 0) is 0 Å². The van der Waals surface area contributed by atoms with E-state index in [1.807, 2.05) is 0 Å². The molecular formula is C6H7NO3. The van der Waals surface area contributed by atoms with E-state index in [0.717, 1.165) is 6.08 Å². The van der Waals surface area contributed by atoms with Crippen LogP contribution in [0.2, 0.25) is 0 Å². The van der Waals surface area contributed by atoms with E-state index in [1.54, 1.807) is 0 Å². The first kappa shape index (κ1) is 8.59. The van der Waals surface area contributed by atoms with Gasteiger partial charge in [-0.3, -0.25) is 9.59 Å². The molecule has 0 aromatic heterocycles. The molecular weight excluding hydrogens is 134 g/mol. The third-order valence-corrected chi connectivity index (χ3v) is 0.838. The maximum absolute atomic E-state index is 10.4. The molecule has 0 rings (SSSR count). The molecule has 2 N–H and O–H groups in total. The summed E-state index contributed by atoms with van der Waals surface area (Å²) in [5.74, 6) is 0.344. The number of carbonyl (C=O) groups excluding carboxylic acids is 3. The van der Waals surface area contributed by atoms with Crippen molar-refractivity contribution in [3.8, 4) is 0 Å². The average molecular weight is 141 g/mol. The Labute approximate surface area is 57.7 Å². The van der Waals surface area contributed by atoms with Crippen molar-refractivity contribution in [3.05, 3.63) is 6.08 Å². The van der Waals surface area contributed by atoms with Gasteiger partial charge in [0.25, 0.3) is 0 Å². The van der Waals surface area contributed by atoms with Crippen molar-refractivity contribution in [2.45, 2.75) is 12.8 Å². The highest BCUT2D eigenvalue weighted by Crippen LogP contribution is 1.88. The van der Waals surface area contributed by atoms with Gasteiger partial charge in [0.15, 0.2) is 5.78 Å². The van der Waals surface area contributed by atoms with Crippen LogP contribution >= 0.6 is 0 Å². The van der Waals surface area contributed by atoms with Gasteiger partial charge >= 0.3 is 0 Å². The highest BCUT2D eigenvalue weighted by atomic mass is 16.1. The van der Waals surface area contributed by atoms with Crippen LogP contribution < -0.4 is 5.73 Å². The van der Waals surface area contributed by atoms with E-state index in [4.69, 9.17) is 5.73 Å². The van der Waals surface area contributed by atoms with E-state index in [9.17, 15) is 14.4 Å². The molecule has 0 heterocycles. The fourth-order valence-corrected chi connectivity index (χ4v) is 0.384. The lowest BCUT2D eigenvalue weighted by molar-refractivity contribution is -0.121. The second-order valence-electron chi connectivity index (χ2n) is 1.69. The Balaban J connectivity index is 3.60. The maximum Gasteiger partial charge on any atom is 0.217 e. The van der Waals surface area contributed by atoms with Crippen molar-refractivity contribution >= 4 is 17.6 Å². The van der Waals surface area contributed by atoms with Crippen LogP contribution in [0.15, 0.2) is 6.08 Å². The van der Waals surface area contributed by atoms with Gasteiger partial charge in [0.1, 0.15) is 5.94 Å². The zero-order valence-corrected chi connectivity index (χ0v) is 5.29. The summed E-state index contributed by atoms with van der Waals surface area (Å²) in [5, 5.41) is 0. The summed E-state index contributed by atoms with van der Waals surface area (Å²) in [7, 11) is 0. The van der Waals surface area contributed by atoms with Gasteiger partial charge in [0.05, 0.1) is 6.08 Å². The minimum Gasteiger partial charge on any atom is -0.370 e. The number of nitrogens with two attached hydrogens (primary N) is 1. The van der Waals surface area contributed by atoms with Crippen molar-refractivity contribution in [2.75, 3.05) is 0 Å². The molecule has 0 atom stereocenters. The first-order valence-corrected chi connectivity index (χ1v) is 2.69. The van der Waals surface area contributed by atoms with Crippen LogP contribution in [-0.4, -0.2) is 17.6 Å². The third-order valence-electron chi connectivity index (χ3n) is 0.838. The van der Waals surface area contributed by atoms with Crippen LogP contribution in [0.25, 0.3) is 0 Å². The molecule has 0 aromatic carbocycles. The maximum atomic E-state index is 10.4. The number of rotatable bonds is 4. The SMILES string of the molecule is NC(=O)CCC(=O)C=C=O. The van der Waals surface area contributed by atoms with Crippen LogP contribution in [0, 0.1) is 0 Å². The van der Waals surface area contributed by atoms with Crippen molar-refractivity contribution < 1.29 is 14.4 Å². The summed E-state index contributed by atoms with van der Waals surface area (Å²) in [6.07, 6.45) is 0.727. The smallest absolute Gasteiger partial charge is 0.217 e. The van der Waals surface area contributed by atoms with Gasteiger partial charge < -0.3 is 5.73 Å². The fraction of sp³-hybridized carbons (Fsp3) is 0.333. The Morgan fingerprint density at radius 1 is 1.40 bits per heavy atom. The van der Waals surface area contributed by atoms with Crippen molar-refractivity contribution in [1.29, 1.82) is 0 Å². The van der Waals surface area contributed by atoms with E-state index < -0.39 is 11.7 Å². The van der Waals surface area contributed by atoms with E-state index >= 15 is 0 Å². The van der Waals surface area contributed by atoms with Crippen molar-refractivity contribution in [2.24, 2.45) is 5.73 Å². The van der Waals surface area contributed by atoms with Crippen LogP contribution in [0.1, 0.15) is 12.8 Å². The molecule has 0 unspecified atom stereocenters. The quantitative estimate of drug-likeness (QED) is 0.411. The number of hydrogen-bond donors (Lipinski definition) is 1. The molecule has 0 aliphatic carbocycles. The fourth-order valence-electron chi connectivity index (χ4n) is 0.384. The summed E-state index contributed by atoms with van der Waals surface area (Å²) in [6, 6.07) is 0. The molecule has 10 heavy (non-hydrogen) atoms. The Morgan fingerprint density at radius 2 is 2.00 bits per heavy atom. The van der Waals surface area contributed by atoms with Gasteiger partial charge in [-0.25, -0.2) is 4.79 Å². The Kier molecular flexibility index (Phi) is 3.84. The first-order chi connectivity index (χ1) is 4.66. The molecule has 0 aliphatic rings. The van der Waals surface area contributed by atoms with E-state index in [0.29, 0.717) is 0 Å². The Morgan fingerprint density at radius 3 is 2.40 bits per heavy atom. The zero-order chi connectivity index (χ0) is 7.98. The largest absolute Gasteiger partial charge is 0.370 e. The zero-order valence-electron chi connectivity index (χ0n) is 5.29. The molecule has 0 saturated heterocycles. The van der Waals surface area contributed by atoms with Crippen LogP contribution in [0.5, 0.6) is 0 Å². The summed E-state index contributed by atoms with van der Waals surface area (Å²) >= 11 is 0. The molecule has 0 radical (unpaired) electrons. The molecule has 0 aromatic rings. The van der Waals surface area contributed by atoms with E-state index in [2.05, 4.69) is 0 Å². The van der Waals surface area contributed by atoms with Gasteiger partial charge in [0.2, 0.25) is 5.91 Å². The van der Waals surface area contributed by atoms with Gasteiger partial charge in [0, 0.05) is 12.8 Å². The summed E-state index contributed by atoms with van der Waals surface area (Å²) in [6.45, 7) is 0. The predicted octanol–water partition coefficient (Wildman–Crippen LogP) is -0.791. The van der Waals surface area contributed by atoms with Gasteiger partial charge in [-0.2, -0.15) is 0 Å². The molecule has 4 nitrogen and oxygen atoms in total. The number of ketones is 1. The van der Waals surface area contributed by atoms with Gasteiger partial charge in [-0.1, -0.05) is 0 Å². The normalized spacial score (nSPS) is 8.00. The van der Waals surface area contributed by atoms with E-state index in [1.165, 1.54) is 5.94 Å². The molecule has 0 spiro atoms. The van der Waals surface area contributed by atoms with Crippen LogP contribution in [0.3, 0.4) is 0 Å². The molecule has 54 valence electrons. The standard InChI is InChI=1S/C6H7NO3/c7-6(10)2-1-5(9)3-4-8/h3H,1-2H2,(H2,7,10). The minimum atomic E-state index is -0.548. The lowest BCUT2D eigenvalue weighted by atomic mass is 10.2. The van der Waals surface area contributed by atoms with Gasteiger partial charge in [-0.15, -0.1) is 0 Å². The number of hydrogen-bond acceptors (Lipinski definition) is 3. The molecule has 0 bridgehead atoms. The number of allylic oxidation sites excluding steroid dienone is 1. The number of primary amides is 1. The summed E-state index contributed by atoms with van der Waals surface area (Å²) in [4.78, 5) is 30.0. The molecule has 4 heteroatoms. The number of amides is 1. The Bertz CT molecular complexity index is 191. The lowest BCUT2D eigenvalue weighted by Gasteiger charge is -1.87. The van der Waals surface area contributed by atoms with Crippen molar-refractivity contribution in [3.63, 3.8) is 0 Å². The highest BCUT2D eigenvalue weighted by Gasteiger charge is 1.99. The lowest BCUT2D eigenvalue weighted by Crippen LogP contribution is -2.11. The molecule has 0 saturated carbocycles. The summed E-state index contributed by atoms with van der Waals surface area (Å²) < 4.78 is 0. The first-order valence-electron chi connectivity index (χ1n) is 2.69. The average Bonchev–Trinajstić information content (AvgIpc) is 1.85. The second-order valence-corrected chi connectivity index (χ2v) is 1.69. The van der Waals surface area contributed by atoms with Crippen LogP contribution in [-0.2, 0) is 14.4 Å². The molecule has 0 aliphatic heterocycles. The van der Waals surface area contributed by atoms with E-state index in [-0.39, 0.29) is 12.8 Å². The highest BCUT2D eigenvalue weighted by molar-refractivity contribution is 5.97. The topological polar surface area (TPSA) is 77.2 Å². The second kappa shape index (κ2) is 4.47. The predicted molar refractivity (Wildman–Crippen MR) is 33.7 cm³/mol.